The second-order valence-corrected chi connectivity index (χ2v) is 2.78. The second-order valence-electron chi connectivity index (χ2n) is 2.47. The Hall–Kier alpha value is -0.970. The van der Waals surface area contributed by atoms with Gasteiger partial charge in [0.15, 0.2) is 0 Å². The van der Waals surface area contributed by atoms with Crippen LogP contribution in [0.4, 0.5) is 9.59 Å². The molecule has 0 aromatic heterocycles. The van der Waals surface area contributed by atoms with Crippen LogP contribution in [0.15, 0.2) is 0 Å². The quantitative estimate of drug-likeness (QED) is 0.668. The highest BCUT2D eigenvalue weighted by molar-refractivity contribution is 6.61. The third kappa shape index (κ3) is 2.01. The van der Waals surface area contributed by atoms with Gasteiger partial charge in [0.2, 0.25) is 0 Å². The summed E-state index contributed by atoms with van der Waals surface area (Å²) in [6.45, 7) is 0.550. The fourth-order valence-electron chi connectivity index (χ4n) is 1.03. The fourth-order valence-corrected chi connectivity index (χ4v) is 1.09. The standard InChI is InChI=1S/C6H8ClNO4/c7-5(9)12-3-4-1-2-8(4)6(10)11/h4H,1-3H2,(H,10,11)/t4-/m1/s1. The molecule has 1 atom stereocenters. The van der Waals surface area contributed by atoms with Crippen molar-refractivity contribution in [3.05, 3.63) is 0 Å². The summed E-state index contributed by atoms with van der Waals surface area (Å²) in [4.78, 5) is 21.7. The molecule has 1 rings (SSSR count). The Morgan fingerprint density at radius 3 is 2.67 bits per heavy atom. The lowest BCUT2D eigenvalue weighted by molar-refractivity contribution is 0.0394. The average Bonchev–Trinajstić information content (AvgIpc) is 1.82. The molecule has 0 aliphatic carbocycles. The highest BCUT2D eigenvalue weighted by Gasteiger charge is 2.32. The van der Waals surface area contributed by atoms with Crippen molar-refractivity contribution in [1.82, 2.24) is 4.90 Å². The molecule has 0 saturated carbocycles. The number of carbonyl (C=O) groups is 2. The first-order valence-electron chi connectivity index (χ1n) is 3.43. The highest BCUT2D eigenvalue weighted by atomic mass is 35.5. The maximum atomic E-state index is 10.4. The van der Waals surface area contributed by atoms with Crippen molar-refractivity contribution in [2.75, 3.05) is 13.2 Å². The van der Waals surface area contributed by atoms with Gasteiger partial charge in [0, 0.05) is 18.1 Å². The van der Waals surface area contributed by atoms with Crippen molar-refractivity contribution in [2.45, 2.75) is 12.5 Å². The Balaban J connectivity index is 2.25. The average molecular weight is 194 g/mol. The molecule has 1 fully saturated rings. The number of likely N-dealkylation sites (tertiary alicyclic amines) is 1. The summed E-state index contributed by atoms with van der Waals surface area (Å²) in [5.74, 6) is 0. The van der Waals surface area contributed by atoms with Crippen molar-refractivity contribution in [3.8, 4) is 0 Å². The molecule has 0 radical (unpaired) electrons. The largest absolute Gasteiger partial charge is 0.465 e. The van der Waals surface area contributed by atoms with Gasteiger partial charge in [-0.2, -0.15) is 0 Å². The van der Waals surface area contributed by atoms with E-state index in [0.717, 1.165) is 6.42 Å². The number of hydrogen-bond donors (Lipinski definition) is 1. The van der Waals surface area contributed by atoms with Gasteiger partial charge >= 0.3 is 11.5 Å². The van der Waals surface area contributed by atoms with Crippen molar-refractivity contribution >= 4 is 23.1 Å². The van der Waals surface area contributed by atoms with Gasteiger partial charge in [-0.25, -0.2) is 9.59 Å². The van der Waals surface area contributed by atoms with E-state index in [0.29, 0.717) is 6.54 Å². The summed E-state index contributed by atoms with van der Waals surface area (Å²) >= 11 is 4.90. The second kappa shape index (κ2) is 3.62. The van der Waals surface area contributed by atoms with Gasteiger partial charge < -0.3 is 14.7 Å². The van der Waals surface area contributed by atoms with Crippen LogP contribution < -0.4 is 0 Å². The minimum Gasteiger partial charge on any atom is -0.465 e. The molecular weight excluding hydrogens is 186 g/mol. The van der Waals surface area contributed by atoms with Gasteiger partial charge in [-0.3, -0.25) is 0 Å². The Morgan fingerprint density at radius 2 is 2.33 bits per heavy atom. The molecule has 1 aliphatic heterocycles. The van der Waals surface area contributed by atoms with Crippen LogP contribution in [0.2, 0.25) is 0 Å². The molecule has 1 saturated heterocycles. The topological polar surface area (TPSA) is 66.8 Å². The maximum absolute atomic E-state index is 10.4. The maximum Gasteiger partial charge on any atom is 0.407 e. The van der Waals surface area contributed by atoms with Crippen LogP contribution >= 0.6 is 11.6 Å². The van der Waals surface area contributed by atoms with Crippen LogP contribution in [-0.2, 0) is 4.74 Å². The van der Waals surface area contributed by atoms with Gasteiger partial charge in [0.25, 0.3) is 0 Å². The number of amides is 1. The van der Waals surface area contributed by atoms with Crippen molar-refractivity contribution in [2.24, 2.45) is 0 Å². The van der Waals surface area contributed by atoms with Crippen LogP contribution in [0.5, 0.6) is 0 Å². The molecule has 5 nitrogen and oxygen atoms in total. The third-order valence-electron chi connectivity index (χ3n) is 1.78. The first kappa shape index (κ1) is 9.12. The molecule has 0 aromatic carbocycles. The summed E-state index contributed by atoms with van der Waals surface area (Å²) in [5, 5.41) is 8.52. The molecule has 1 amide bonds. The van der Waals surface area contributed by atoms with E-state index >= 15 is 0 Å². The van der Waals surface area contributed by atoms with Crippen LogP contribution in [0.25, 0.3) is 0 Å². The van der Waals surface area contributed by atoms with E-state index in [-0.39, 0.29) is 12.6 Å². The summed E-state index contributed by atoms with van der Waals surface area (Å²) < 4.78 is 4.45. The molecule has 0 aromatic rings. The van der Waals surface area contributed by atoms with Crippen molar-refractivity contribution in [1.29, 1.82) is 0 Å². The minimum atomic E-state index is -0.989. The summed E-state index contributed by atoms with van der Waals surface area (Å²) in [6.07, 6.45) is -0.270. The first-order valence-corrected chi connectivity index (χ1v) is 3.81. The van der Waals surface area contributed by atoms with Gasteiger partial charge in [0.05, 0.1) is 6.04 Å². The molecule has 0 unspecified atom stereocenters. The Morgan fingerprint density at radius 1 is 1.67 bits per heavy atom. The Kier molecular flexibility index (Phi) is 2.75. The highest BCUT2D eigenvalue weighted by Crippen LogP contribution is 2.17. The lowest BCUT2D eigenvalue weighted by atomic mass is 10.1. The number of halogens is 1. The van der Waals surface area contributed by atoms with Gasteiger partial charge in [-0.1, -0.05) is 0 Å². The Bertz CT molecular complexity index is 208. The van der Waals surface area contributed by atoms with Gasteiger partial charge in [0.1, 0.15) is 6.61 Å². The van der Waals surface area contributed by atoms with Crippen molar-refractivity contribution in [3.63, 3.8) is 0 Å². The van der Waals surface area contributed by atoms with E-state index in [1.807, 2.05) is 0 Å². The molecular formula is C6H8ClNO4. The number of hydrogen-bond acceptors (Lipinski definition) is 3. The first-order chi connectivity index (χ1) is 5.61. The number of rotatable bonds is 2. The van der Waals surface area contributed by atoms with Crippen LogP contribution in [-0.4, -0.2) is 40.7 Å². The van der Waals surface area contributed by atoms with E-state index in [4.69, 9.17) is 16.7 Å². The SMILES string of the molecule is O=C(Cl)OC[C@H]1CCN1C(=O)O. The number of carboxylic acid groups (broad SMARTS) is 1. The normalized spacial score (nSPS) is 21.4. The van der Waals surface area contributed by atoms with Crippen LogP contribution in [0.1, 0.15) is 6.42 Å². The van der Waals surface area contributed by atoms with Crippen LogP contribution in [0, 0.1) is 0 Å². The molecule has 1 N–H and O–H groups in total. The lowest BCUT2D eigenvalue weighted by Gasteiger charge is -2.37. The smallest absolute Gasteiger partial charge is 0.407 e. The summed E-state index contributed by atoms with van der Waals surface area (Å²) in [5.41, 5.74) is -0.896. The molecule has 0 spiro atoms. The minimum absolute atomic E-state index is 0.0502. The number of carbonyl (C=O) groups excluding carboxylic acids is 1. The van der Waals surface area contributed by atoms with Gasteiger partial charge in [-0.05, 0) is 6.42 Å². The predicted molar refractivity (Wildman–Crippen MR) is 40.3 cm³/mol. The van der Waals surface area contributed by atoms with Gasteiger partial charge in [-0.15, -0.1) is 0 Å². The molecule has 0 bridgehead atoms. The lowest BCUT2D eigenvalue weighted by Crippen LogP contribution is -2.52. The van der Waals surface area contributed by atoms with E-state index in [1.165, 1.54) is 4.90 Å². The van der Waals surface area contributed by atoms with E-state index in [2.05, 4.69) is 4.74 Å². The Labute approximate surface area is 73.9 Å². The zero-order chi connectivity index (χ0) is 9.14. The molecule has 1 aliphatic rings. The predicted octanol–water partition coefficient (Wildman–Crippen LogP) is 1.11. The van der Waals surface area contributed by atoms with E-state index < -0.39 is 11.5 Å². The monoisotopic (exact) mass is 193 g/mol. The molecule has 12 heavy (non-hydrogen) atoms. The van der Waals surface area contributed by atoms with Crippen molar-refractivity contribution < 1.29 is 19.4 Å². The summed E-state index contributed by atoms with van der Waals surface area (Å²) in [7, 11) is 0. The van der Waals surface area contributed by atoms with Crippen LogP contribution in [0.3, 0.4) is 0 Å². The number of ether oxygens (including phenoxy) is 1. The fraction of sp³-hybridized carbons (Fsp3) is 0.667. The zero-order valence-corrected chi connectivity index (χ0v) is 6.95. The molecule has 68 valence electrons. The molecule has 1 heterocycles. The van der Waals surface area contributed by atoms with E-state index in [9.17, 15) is 9.59 Å². The molecule has 6 heteroatoms. The third-order valence-corrected chi connectivity index (χ3v) is 1.89. The number of nitrogens with zero attached hydrogens (tertiary/aromatic N) is 1. The van der Waals surface area contributed by atoms with E-state index in [1.54, 1.807) is 0 Å². The zero-order valence-electron chi connectivity index (χ0n) is 6.20. The summed E-state index contributed by atoms with van der Waals surface area (Å²) in [6, 6.07) is -0.217.